The molecule has 4 aromatic rings. The van der Waals surface area contributed by atoms with Crippen molar-refractivity contribution in [2.24, 2.45) is 5.73 Å². The molecule has 0 saturated carbocycles. The first-order valence-electron chi connectivity index (χ1n) is 13.2. The van der Waals surface area contributed by atoms with Crippen LogP contribution in [0.4, 0.5) is 0 Å². The molecule has 5 rings (SSSR count). The van der Waals surface area contributed by atoms with Crippen LogP contribution in [-0.2, 0) is 11.2 Å². The second-order valence-electron chi connectivity index (χ2n) is 9.54. The number of carbonyl (C=O) groups excluding carboxylic acids is 1. The minimum atomic E-state index is -0.432. The summed E-state index contributed by atoms with van der Waals surface area (Å²) in [5.74, 6) is 0.751. The lowest BCUT2D eigenvalue weighted by Gasteiger charge is -2.27. The van der Waals surface area contributed by atoms with Crippen LogP contribution >= 0.6 is 0 Å². The Labute approximate surface area is 228 Å². The van der Waals surface area contributed by atoms with E-state index in [0.29, 0.717) is 23.7 Å². The number of allylic oxidation sites excluding steroid dienone is 1. The van der Waals surface area contributed by atoms with Gasteiger partial charge in [-0.2, -0.15) is 5.26 Å². The van der Waals surface area contributed by atoms with Gasteiger partial charge in [0.2, 0.25) is 5.88 Å². The van der Waals surface area contributed by atoms with Crippen molar-refractivity contribution >= 4 is 16.7 Å². The number of carbonyl (C=O) groups is 1. The number of hydrogen-bond donors (Lipinski definition) is 1. The fourth-order valence-electron chi connectivity index (χ4n) is 4.94. The maximum atomic E-state index is 12.9. The molecule has 0 aliphatic carbocycles. The van der Waals surface area contributed by atoms with Crippen LogP contribution in [0.25, 0.3) is 10.8 Å². The van der Waals surface area contributed by atoms with Gasteiger partial charge in [0.05, 0.1) is 18.9 Å². The highest BCUT2D eigenvalue weighted by Crippen LogP contribution is 2.44. The van der Waals surface area contributed by atoms with E-state index in [1.54, 1.807) is 12.1 Å². The van der Waals surface area contributed by atoms with E-state index in [1.807, 2.05) is 72.8 Å². The third-order valence-corrected chi connectivity index (χ3v) is 6.84. The number of unbranched alkanes of at least 4 members (excludes halogenated alkanes) is 2. The van der Waals surface area contributed by atoms with Gasteiger partial charge in [-0.3, -0.25) is 4.79 Å². The van der Waals surface area contributed by atoms with E-state index in [9.17, 15) is 10.1 Å². The molecule has 0 bridgehead atoms. The summed E-state index contributed by atoms with van der Waals surface area (Å²) in [5.41, 5.74) is 9.04. The number of nitrogens with zero attached hydrogens (tertiary/aromatic N) is 1. The van der Waals surface area contributed by atoms with Gasteiger partial charge in [0.1, 0.15) is 28.9 Å². The summed E-state index contributed by atoms with van der Waals surface area (Å²) in [5, 5.41) is 12.0. The fraction of sp³-hybridized carbons (Fsp3) is 0.212. The van der Waals surface area contributed by atoms with Gasteiger partial charge in [0.15, 0.2) is 0 Å². The Morgan fingerprint density at radius 2 is 1.79 bits per heavy atom. The fourth-order valence-corrected chi connectivity index (χ4v) is 4.94. The van der Waals surface area contributed by atoms with Gasteiger partial charge in [-0.05, 0) is 46.5 Å². The van der Waals surface area contributed by atoms with Crippen molar-refractivity contribution in [2.45, 2.75) is 38.5 Å². The van der Waals surface area contributed by atoms with Crippen LogP contribution in [0.1, 0.15) is 48.8 Å². The number of ether oxygens (including phenoxy) is 3. The van der Waals surface area contributed by atoms with Gasteiger partial charge in [0, 0.05) is 11.6 Å². The Morgan fingerprint density at radius 3 is 2.64 bits per heavy atom. The van der Waals surface area contributed by atoms with Crippen molar-refractivity contribution in [3.05, 3.63) is 113 Å². The van der Waals surface area contributed by atoms with Crippen molar-refractivity contribution in [2.75, 3.05) is 6.61 Å². The Morgan fingerprint density at radius 1 is 0.974 bits per heavy atom. The van der Waals surface area contributed by atoms with E-state index in [1.165, 1.54) is 0 Å². The molecule has 0 saturated heterocycles. The summed E-state index contributed by atoms with van der Waals surface area (Å²) in [6.07, 6.45) is 3.35. The number of benzene rings is 4. The molecule has 1 aliphatic rings. The Hall–Kier alpha value is -4.76. The number of hydrogen-bond acceptors (Lipinski definition) is 6. The average Bonchev–Trinajstić information content (AvgIpc) is 2.95. The van der Waals surface area contributed by atoms with E-state index in [-0.39, 0.29) is 18.3 Å². The third kappa shape index (κ3) is 5.73. The van der Waals surface area contributed by atoms with Crippen molar-refractivity contribution in [1.82, 2.24) is 0 Å². The molecule has 196 valence electrons. The topological polar surface area (TPSA) is 94.6 Å². The lowest BCUT2D eigenvalue weighted by Crippen LogP contribution is -2.21. The van der Waals surface area contributed by atoms with Crippen molar-refractivity contribution in [1.29, 1.82) is 5.26 Å². The van der Waals surface area contributed by atoms with Crippen LogP contribution in [0.5, 0.6) is 17.2 Å². The van der Waals surface area contributed by atoms with E-state index >= 15 is 0 Å². The van der Waals surface area contributed by atoms with Gasteiger partial charge >= 0.3 is 5.97 Å². The minimum absolute atomic E-state index is 0.0310. The van der Waals surface area contributed by atoms with Gasteiger partial charge in [-0.1, -0.05) is 80.4 Å². The van der Waals surface area contributed by atoms with Gasteiger partial charge < -0.3 is 19.9 Å². The SMILES string of the molecule is CCCCCOc1cccc(C2C(C#N)=C(N)Oc3cc(OC(=O)Cc4cccc5ccccc45)ccc32)c1. The zero-order valence-electron chi connectivity index (χ0n) is 21.9. The maximum absolute atomic E-state index is 12.9. The number of nitrogens with two attached hydrogens (primary N) is 1. The quantitative estimate of drug-likeness (QED) is 0.149. The predicted octanol–water partition coefficient (Wildman–Crippen LogP) is 6.78. The van der Waals surface area contributed by atoms with Gasteiger partial charge in [-0.25, -0.2) is 0 Å². The van der Waals surface area contributed by atoms with Gasteiger partial charge in [-0.15, -0.1) is 0 Å². The minimum Gasteiger partial charge on any atom is -0.494 e. The summed E-state index contributed by atoms with van der Waals surface area (Å²) < 4.78 is 17.4. The Bertz CT molecular complexity index is 1580. The molecule has 1 aliphatic heterocycles. The lowest BCUT2D eigenvalue weighted by molar-refractivity contribution is -0.133. The molecule has 39 heavy (non-hydrogen) atoms. The highest BCUT2D eigenvalue weighted by atomic mass is 16.5. The first-order chi connectivity index (χ1) is 19.1. The van der Waals surface area contributed by atoms with E-state index < -0.39 is 5.92 Å². The maximum Gasteiger partial charge on any atom is 0.315 e. The van der Waals surface area contributed by atoms with Crippen LogP contribution in [0, 0.1) is 11.3 Å². The molecule has 0 aromatic heterocycles. The first kappa shape index (κ1) is 25.9. The van der Waals surface area contributed by atoms with Gasteiger partial charge in [0.25, 0.3) is 0 Å². The Kier molecular flexibility index (Phi) is 7.79. The van der Waals surface area contributed by atoms with E-state index in [4.69, 9.17) is 19.9 Å². The molecule has 0 radical (unpaired) electrons. The van der Waals surface area contributed by atoms with Crippen molar-refractivity contribution in [3.63, 3.8) is 0 Å². The summed E-state index contributed by atoms with van der Waals surface area (Å²) in [6.45, 7) is 2.79. The molecular formula is C33H30N2O4. The molecule has 0 spiro atoms. The highest BCUT2D eigenvalue weighted by Gasteiger charge is 2.31. The molecule has 6 heteroatoms. The molecule has 4 aromatic carbocycles. The summed E-state index contributed by atoms with van der Waals surface area (Å²) in [4.78, 5) is 12.9. The van der Waals surface area contributed by atoms with E-state index in [0.717, 1.165) is 52.5 Å². The van der Waals surface area contributed by atoms with Crippen LogP contribution in [-0.4, -0.2) is 12.6 Å². The molecule has 1 atom stereocenters. The molecule has 0 amide bonds. The number of fused-ring (bicyclic) bond motifs is 2. The van der Waals surface area contributed by atoms with Crippen molar-refractivity contribution < 1.29 is 19.0 Å². The van der Waals surface area contributed by atoms with Crippen LogP contribution < -0.4 is 19.9 Å². The molecule has 1 unspecified atom stereocenters. The zero-order chi connectivity index (χ0) is 27.2. The summed E-state index contributed by atoms with van der Waals surface area (Å²) >= 11 is 0. The molecular weight excluding hydrogens is 488 g/mol. The van der Waals surface area contributed by atoms with Crippen LogP contribution in [0.15, 0.2) is 96.4 Å². The van der Waals surface area contributed by atoms with Crippen molar-refractivity contribution in [3.8, 4) is 23.3 Å². The standard InChI is InChI=1S/C33H30N2O4/c1-2-3-6-17-37-25-13-8-12-24(18-25)32-28-16-15-26(20-30(28)39-33(35)29(32)21-34)38-31(36)19-23-11-7-10-22-9-4-5-14-27(22)23/h4-5,7-16,18,20,32H,2-3,6,17,19,35H2,1H3. The molecule has 2 N–H and O–H groups in total. The van der Waals surface area contributed by atoms with Crippen LogP contribution in [0.2, 0.25) is 0 Å². The number of rotatable bonds is 9. The van der Waals surface area contributed by atoms with Crippen LogP contribution in [0.3, 0.4) is 0 Å². The smallest absolute Gasteiger partial charge is 0.315 e. The van der Waals surface area contributed by atoms with E-state index in [2.05, 4.69) is 13.0 Å². The largest absolute Gasteiger partial charge is 0.494 e. The normalized spacial score (nSPS) is 14.3. The highest BCUT2D eigenvalue weighted by molar-refractivity contribution is 5.89. The second-order valence-corrected chi connectivity index (χ2v) is 9.54. The number of nitriles is 1. The Balaban J connectivity index is 1.38. The molecule has 6 nitrogen and oxygen atoms in total. The molecule has 0 fully saturated rings. The summed E-state index contributed by atoms with van der Waals surface area (Å²) in [6, 6.07) is 28.9. The zero-order valence-corrected chi connectivity index (χ0v) is 21.9. The average molecular weight is 519 g/mol. The third-order valence-electron chi connectivity index (χ3n) is 6.84. The first-order valence-corrected chi connectivity index (χ1v) is 13.2. The number of esters is 1. The predicted molar refractivity (Wildman–Crippen MR) is 150 cm³/mol. The lowest BCUT2D eigenvalue weighted by atomic mass is 9.83. The molecule has 1 heterocycles. The monoisotopic (exact) mass is 518 g/mol. The second kappa shape index (κ2) is 11.7. The summed E-state index contributed by atoms with van der Waals surface area (Å²) in [7, 11) is 0.